The summed E-state index contributed by atoms with van der Waals surface area (Å²) in [6, 6.07) is 5.20. The van der Waals surface area contributed by atoms with Crippen molar-refractivity contribution in [3.05, 3.63) is 23.8 Å². The van der Waals surface area contributed by atoms with Crippen LogP contribution in [0.1, 0.15) is 25.3 Å². The Labute approximate surface area is 113 Å². The average molecular weight is 282 g/mol. The van der Waals surface area contributed by atoms with Gasteiger partial charge in [0, 0.05) is 18.4 Å². The van der Waals surface area contributed by atoms with Crippen LogP contribution in [0, 0.1) is 0 Å². The van der Waals surface area contributed by atoms with Gasteiger partial charge in [0.15, 0.2) is 0 Å². The van der Waals surface area contributed by atoms with Crippen LogP contribution in [0.2, 0.25) is 0 Å². The van der Waals surface area contributed by atoms with Gasteiger partial charge in [0.25, 0.3) is 0 Å². The summed E-state index contributed by atoms with van der Waals surface area (Å²) in [5.74, 6) is 0.153. The van der Waals surface area contributed by atoms with Gasteiger partial charge in [-0.3, -0.25) is 9.52 Å². The number of carbonyl (C=O) groups is 1. The second-order valence-electron chi connectivity index (χ2n) is 4.75. The first kappa shape index (κ1) is 13.9. The molecule has 0 radical (unpaired) electrons. The van der Waals surface area contributed by atoms with E-state index in [-0.39, 0.29) is 11.7 Å². The first-order chi connectivity index (χ1) is 8.93. The van der Waals surface area contributed by atoms with Crippen molar-refractivity contribution < 1.29 is 13.2 Å². The first-order valence-electron chi connectivity index (χ1n) is 6.33. The molecule has 0 fully saturated rings. The Morgan fingerprint density at radius 2 is 2.11 bits per heavy atom. The van der Waals surface area contributed by atoms with E-state index in [1.54, 1.807) is 30.1 Å². The maximum atomic E-state index is 11.8. The molecule has 104 valence electrons. The van der Waals surface area contributed by atoms with Gasteiger partial charge in [0.2, 0.25) is 15.9 Å². The molecule has 1 aliphatic heterocycles. The molecule has 5 nitrogen and oxygen atoms in total. The Kier molecular flexibility index (Phi) is 3.80. The van der Waals surface area contributed by atoms with Gasteiger partial charge in [-0.2, -0.15) is 0 Å². The minimum atomic E-state index is -3.29. The second kappa shape index (κ2) is 5.21. The van der Waals surface area contributed by atoms with Gasteiger partial charge in [0.05, 0.1) is 12.2 Å². The Balaban J connectivity index is 2.16. The predicted molar refractivity (Wildman–Crippen MR) is 75.9 cm³/mol. The molecule has 0 atom stereocenters. The van der Waals surface area contributed by atoms with Gasteiger partial charge in [0.1, 0.15) is 0 Å². The third-order valence-electron chi connectivity index (χ3n) is 3.20. The van der Waals surface area contributed by atoms with Crippen molar-refractivity contribution in [3.8, 4) is 0 Å². The molecule has 0 saturated heterocycles. The largest absolute Gasteiger partial charge is 0.315 e. The number of fused-ring (bicyclic) bond motifs is 1. The standard InChI is InChI=1S/C13H18N2O3S/c1-3-4-7-19(17,18)14-11-5-6-12-10(8-11)9-13(16)15(12)2/h5-6,8,14H,3-4,7,9H2,1-2H3. The van der Waals surface area contributed by atoms with E-state index in [2.05, 4.69) is 4.72 Å². The maximum absolute atomic E-state index is 11.8. The third-order valence-corrected chi connectivity index (χ3v) is 4.57. The summed E-state index contributed by atoms with van der Waals surface area (Å²) in [5.41, 5.74) is 2.24. The third kappa shape index (κ3) is 3.07. The monoisotopic (exact) mass is 282 g/mol. The van der Waals surface area contributed by atoms with Crippen LogP contribution in [0.5, 0.6) is 0 Å². The summed E-state index contributed by atoms with van der Waals surface area (Å²) in [6.45, 7) is 1.95. The first-order valence-corrected chi connectivity index (χ1v) is 7.98. The fourth-order valence-electron chi connectivity index (χ4n) is 2.10. The molecule has 1 N–H and O–H groups in total. The van der Waals surface area contributed by atoms with E-state index in [0.717, 1.165) is 17.7 Å². The fourth-order valence-corrected chi connectivity index (χ4v) is 3.36. The molecule has 6 heteroatoms. The van der Waals surface area contributed by atoms with Crippen LogP contribution in [-0.4, -0.2) is 27.1 Å². The number of amides is 1. The summed E-state index contributed by atoms with van der Waals surface area (Å²) in [6.07, 6.45) is 1.81. The van der Waals surface area contributed by atoms with Crippen molar-refractivity contribution in [3.63, 3.8) is 0 Å². The van der Waals surface area contributed by atoms with E-state index in [1.807, 2.05) is 6.92 Å². The number of hydrogen-bond donors (Lipinski definition) is 1. The molecule has 0 spiro atoms. The van der Waals surface area contributed by atoms with Crippen molar-refractivity contribution in [1.82, 2.24) is 0 Å². The molecule has 1 amide bonds. The van der Waals surface area contributed by atoms with Crippen LogP contribution in [0.15, 0.2) is 18.2 Å². The topological polar surface area (TPSA) is 66.5 Å². The van der Waals surface area contributed by atoms with Gasteiger partial charge in [-0.1, -0.05) is 13.3 Å². The zero-order valence-electron chi connectivity index (χ0n) is 11.1. The van der Waals surface area contributed by atoms with Crippen molar-refractivity contribution in [2.45, 2.75) is 26.2 Å². The number of benzene rings is 1. The van der Waals surface area contributed by atoms with Crippen LogP contribution in [0.4, 0.5) is 11.4 Å². The summed E-state index contributed by atoms with van der Waals surface area (Å²) < 4.78 is 26.2. The minimum Gasteiger partial charge on any atom is -0.315 e. The number of rotatable bonds is 5. The number of unbranched alkanes of at least 4 members (excludes halogenated alkanes) is 1. The minimum absolute atomic E-state index is 0.0287. The van der Waals surface area contributed by atoms with Crippen LogP contribution < -0.4 is 9.62 Å². The van der Waals surface area contributed by atoms with Gasteiger partial charge in [-0.05, 0) is 30.2 Å². The Morgan fingerprint density at radius 1 is 1.37 bits per heavy atom. The lowest BCUT2D eigenvalue weighted by atomic mass is 10.1. The van der Waals surface area contributed by atoms with Gasteiger partial charge in [-0.15, -0.1) is 0 Å². The quantitative estimate of drug-likeness (QED) is 0.894. The molecule has 0 aromatic heterocycles. The molecule has 0 unspecified atom stereocenters. The van der Waals surface area contributed by atoms with Crippen LogP contribution in [-0.2, 0) is 21.2 Å². The number of hydrogen-bond acceptors (Lipinski definition) is 3. The summed E-state index contributed by atoms with van der Waals surface area (Å²) >= 11 is 0. The second-order valence-corrected chi connectivity index (χ2v) is 6.59. The number of likely N-dealkylation sites (N-methyl/N-ethyl adjacent to an activating group) is 1. The van der Waals surface area contributed by atoms with Gasteiger partial charge in [-0.25, -0.2) is 8.42 Å². The van der Waals surface area contributed by atoms with Gasteiger partial charge >= 0.3 is 0 Å². The number of carbonyl (C=O) groups excluding carboxylic acids is 1. The molecular weight excluding hydrogens is 264 g/mol. The molecule has 2 rings (SSSR count). The van der Waals surface area contributed by atoms with Crippen molar-refractivity contribution in [1.29, 1.82) is 0 Å². The van der Waals surface area contributed by atoms with Crippen LogP contribution >= 0.6 is 0 Å². The number of anilines is 2. The van der Waals surface area contributed by atoms with E-state index >= 15 is 0 Å². The highest BCUT2D eigenvalue weighted by atomic mass is 32.2. The van der Waals surface area contributed by atoms with E-state index < -0.39 is 10.0 Å². The van der Waals surface area contributed by atoms with E-state index in [1.165, 1.54) is 0 Å². The van der Waals surface area contributed by atoms with E-state index in [9.17, 15) is 13.2 Å². The summed E-state index contributed by atoms with van der Waals surface area (Å²) in [7, 11) is -1.57. The highest BCUT2D eigenvalue weighted by Crippen LogP contribution is 2.30. The molecule has 1 heterocycles. The number of sulfonamides is 1. The Morgan fingerprint density at radius 3 is 2.79 bits per heavy atom. The lowest BCUT2D eigenvalue weighted by molar-refractivity contribution is -0.117. The summed E-state index contributed by atoms with van der Waals surface area (Å²) in [5, 5.41) is 0. The van der Waals surface area contributed by atoms with Crippen LogP contribution in [0.3, 0.4) is 0 Å². The maximum Gasteiger partial charge on any atom is 0.232 e. The summed E-state index contributed by atoms with van der Waals surface area (Å²) in [4.78, 5) is 13.1. The van der Waals surface area contributed by atoms with Crippen LogP contribution in [0.25, 0.3) is 0 Å². The van der Waals surface area contributed by atoms with Crippen molar-refractivity contribution >= 4 is 27.3 Å². The smallest absolute Gasteiger partial charge is 0.232 e. The number of nitrogens with zero attached hydrogens (tertiary/aromatic N) is 1. The highest BCUT2D eigenvalue weighted by Gasteiger charge is 2.24. The fraction of sp³-hybridized carbons (Fsp3) is 0.462. The van der Waals surface area contributed by atoms with E-state index in [0.29, 0.717) is 18.5 Å². The predicted octanol–water partition coefficient (Wildman–Crippen LogP) is 1.75. The average Bonchev–Trinajstić information content (AvgIpc) is 2.62. The Hall–Kier alpha value is -1.56. The normalized spacial score (nSPS) is 14.6. The molecule has 1 aliphatic rings. The zero-order chi connectivity index (χ0) is 14.0. The van der Waals surface area contributed by atoms with Gasteiger partial charge < -0.3 is 4.90 Å². The molecular formula is C13H18N2O3S. The molecule has 0 bridgehead atoms. The molecule has 19 heavy (non-hydrogen) atoms. The van der Waals surface area contributed by atoms with Crippen molar-refractivity contribution in [2.24, 2.45) is 0 Å². The number of nitrogens with one attached hydrogen (secondary N) is 1. The lowest BCUT2D eigenvalue weighted by Crippen LogP contribution is -2.20. The SMILES string of the molecule is CCCCS(=O)(=O)Nc1ccc2c(c1)CC(=O)N2C. The van der Waals surface area contributed by atoms with E-state index in [4.69, 9.17) is 0 Å². The molecule has 0 aliphatic carbocycles. The zero-order valence-corrected chi connectivity index (χ0v) is 12.0. The highest BCUT2D eigenvalue weighted by molar-refractivity contribution is 7.92. The molecule has 1 aromatic rings. The molecule has 1 aromatic carbocycles. The lowest BCUT2D eigenvalue weighted by Gasteiger charge is -2.11. The van der Waals surface area contributed by atoms with Crippen molar-refractivity contribution in [2.75, 3.05) is 22.4 Å². The Bertz CT molecular complexity index is 596. The molecule has 0 saturated carbocycles.